The van der Waals surface area contributed by atoms with Crippen molar-refractivity contribution in [1.29, 1.82) is 0 Å². The van der Waals surface area contributed by atoms with Crippen molar-refractivity contribution in [3.63, 3.8) is 0 Å². The van der Waals surface area contributed by atoms with Gasteiger partial charge in [-0.3, -0.25) is 0 Å². The summed E-state index contributed by atoms with van der Waals surface area (Å²) in [6.07, 6.45) is 2.35. The molecule has 0 bridgehead atoms. The van der Waals surface area contributed by atoms with Gasteiger partial charge in [0.15, 0.2) is 0 Å². The zero-order valence-electron chi connectivity index (χ0n) is 6.34. The van der Waals surface area contributed by atoms with Gasteiger partial charge in [0, 0.05) is 0 Å². The molecule has 0 heterocycles. The predicted octanol–water partition coefficient (Wildman–Crippen LogP) is 1.36. The molecule has 2 atom stereocenters. The van der Waals surface area contributed by atoms with Gasteiger partial charge in [0.1, 0.15) is 0 Å². The van der Waals surface area contributed by atoms with Gasteiger partial charge in [-0.1, -0.05) is 6.42 Å². The Hall–Kier alpha value is 0.500. The van der Waals surface area contributed by atoms with Crippen molar-refractivity contribution in [2.75, 3.05) is 13.2 Å². The Labute approximate surface area is 77.1 Å². The van der Waals surface area contributed by atoms with Crippen LogP contribution in [0.5, 0.6) is 0 Å². The standard InChI is InChI=1S/C7H14Cl2O2/c8-6(4-10)2-1-3-7(9)5-11/h6-7,10-11H,1-5H2. The summed E-state index contributed by atoms with van der Waals surface area (Å²) in [5, 5.41) is 16.7. The largest absolute Gasteiger partial charge is 0.395 e. The molecule has 0 aromatic heterocycles. The van der Waals surface area contributed by atoms with E-state index in [2.05, 4.69) is 0 Å². The van der Waals surface area contributed by atoms with E-state index < -0.39 is 0 Å². The van der Waals surface area contributed by atoms with Crippen LogP contribution in [0, 0.1) is 0 Å². The summed E-state index contributed by atoms with van der Waals surface area (Å²) in [5.41, 5.74) is 0. The first-order valence-corrected chi connectivity index (χ1v) is 4.57. The fourth-order valence-electron chi connectivity index (χ4n) is 0.743. The zero-order valence-corrected chi connectivity index (χ0v) is 7.85. The van der Waals surface area contributed by atoms with Crippen LogP contribution in [0.3, 0.4) is 0 Å². The normalized spacial score (nSPS) is 16.4. The fourth-order valence-corrected chi connectivity index (χ4v) is 1.05. The SMILES string of the molecule is OCC(Cl)CCCC(Cl)CO. The fraction of sp³-hybridized carbons (Fsp3) is 1.00. The van der Waals surface area contributed by atoms with Gasteiger partial charge in [0.05, 0.1) is 24.0 Å². The van der Waals surface area contributed by atoms with Crippen LogP contribution >= 0.6 is 23.2 Å². The van der Waals surface area contributed by atoms with Gasteiger partial charge in [-0.2, -0.15) is 0 Å². The maximum absolute atomic E-state index is 8.54. The molecule has 4 heteroatoms. The molecule has 0 aliphatic carbocycles. The van der Waals surface area contributed by atoms with E-state index in [1.165, 1.54) is 0 Å². The average Bonchev–Trinajstić information content (AvgIpc) is 2.04. The molecule has 11 heavy (non-hydrogen) atoms. The molecular weight excluding hydrogens is 187 g/mol. The van der Waals surface area contributed by atoms with E-state index in [1.54, 1.807) is 0 Å². The van der Waals surface area contributed by atoms with Gasteiger partial charge in [-0.25, -0.2) is 0 Å². The van der Waals surface area contributed by atoms with Gasteiger partial charge in [-0.05, 0) is 12.8 Å². The van der Waals surface area contributed by atoms with Crippen molar-refractivity contribution in [2.24, 2.45) is 0 Å². The number of rotatable bonds is 6. The number of alkyl halides is 2. The van der Waals surface area contributed by atoms with E-state index in [4.69, 9.17) is 33.4 Å². The number of halogens is 2. The summed E-state index contributed by atoms with van der Waals surface area (Å²) in [6.45, 7) is 0.0151. The first kappa shape index (κ1) is 11.5. The molecule has 0 radical (unpaired) electrons. The van der Waals surface area contributed by atoms with Crippen molar-refractivity contribution in [3.05, 3.63) is 0 Å². The van der Waals surface area contributed by atoms with Crippen LogP contribution in [-0.4, -0.2) is 34.2 Å². The lowest BCUT2D eigenvalue weighted by atomic mass is 10.1. The molecule has 2 nitrogen and oxygen atoms in total. The number of aliphatic hydroxyl groups excluding tert-OH is 2. The number of hydrogen-bond donors (Lipinski definition) is 2. The van der Waals surface area contributed by atoms with E-state index in [0.717, 1.165) is 19.3 Å². The van der Waals surface area contributed by atoms with Crippen LogP contribution in [0.15, 0.2) is 0 Å². The summed E-state index contributed by atoms with van der Waals surface area (Å²) in [6, 6.07) is 0. The number of hydrogen-bond acceptors (Lipinski definition) is 2. The monoisotopic (exact) mass is 200 g/mol. The van der Waals surface area contributed by atoms with Crippen molar-refractivity contribution in [2.45, 2.75) is 30.0 Å². The zero-order chi connectivity index (χ0) is 8.69. The first-order valence-electron chi connectivity index (χ1n) is 3.70. The van der Waals surface area contributed by atoms with E-state index in [1.807, 2.05) is 0 Å². The van der Waals surface area contributed by atoms with Crippen molar-refractivity contribution < 1.29 is 10.2 Å². The Kier molecular flexibility index (Phi) is 7.49. The third-order valence-electron chi connectivity index (χ3n) is 1.43. The van der Waals surface area contributed by atoms with Crippen LogP contribution in [0.1, 0.15) is 19.3 Å². The minimum absolute atomic E-state index is 0.00757. The predicted molar refractivity (Wildman–Crippen MR) is 47.3 cm³/mol. The van der Waals surface area contributed by atoms with Gasteiger partial charge < -0.3 is 10.2 Å². The topological polar surface area (TPSA) is 40.5 Å². The highest BCUT2D eigenvalue weighted by Gasteiger charge is 2.05. The van der Waals surface area contributed by atoms with Gasteiger partial charge in [0.25, 0.3) is 0 Å². The molecule has 0 amide bonds. The molecule has 0 saturated carbocycles. The van der Waals surface area contributed by atoms with Crippen molar-refractivity contribution >= 4 is 23.2 Å². The summed E-state index contributed by atoms with van der Waals surface area (Å²) >= 11 is 11.3. The smallest absolute Gasteiger partial charge is 0.0595 e. The first-order chi connectivity index (χ1) is 5.20. The highest BCUT2D eigenvalue weighted by Crippen LogP contribution is 2.11. The molecule has 0 aromatic rings. The second kappa shape index (κ2) is 7.17. The summed E-state index contributed by atoms with van der Waals surface area (Å²) in [5.74, 6) is 0. The Morgan fingerprint density at radius 1 is 0.909 bits per heavy atom. The average molecular weight is 201 g/mol. The maximum atomic E-state index is 8.54. The Morgan fingerprint density at radius 2 is 1.27 bits per heavy atom. The van der Waals surface area contributed by atoms with Crippen LogP contribution < -0.4 is 0 Å². The van der Waals surface area contributed by atoms with E-state index in [-0.39, 0.29) is 24.0 Å². The molecule has 0 rings (SSSR count). The lowest BCUT2D eigenvalue weighted by Crippen LogP contribution is -2.08. The maximum Gasteiger partial charge on any atom is 0.0595 e. The molecule has 0 saturated heterocycles. The second-order valence-electron chi connectivity index (χ2n) is 2.49. The van der Waals surface area contributed by atoms with Gasteiger partial charge in [0.2, 0.25) is 0 Å². The van der Waals surface area contributed by atoms with Crippen LogP contribution in [-0.2, 0) is 0 Å². The molecule has 68 valence electrons. The molecule has 2 unspecified atom stereocenters. The molecular formula is C7H14Cl2O2. The molecule has 0 aliphatic rings. The minimum Gasteiger partial charge on any atom is -0.395 e. The van der Waals surface area contributed by atoms with Crippen LogP contribution in [0.4, 0.5) is 0 Å². The molecule has 0 aliphatic heterocycles. The third kappa shape index (κ3) is 6.88. The molecule has 0 spiro atoms. The Bertz CT molecular complexity index is 80.5. The van der Waals surface area contributed by atoms with Crippen molar-refractivity contribution in [3.8, 4) is 0 Å². The summed E-state index contributed by atoms with van der Waals surface area (Å²) < 4.78 is 0. The van der Waals surface area contributed by atoms with E-state index in [9.17, 15) is 0 Å². The highest BCUT2D eigenvalue weighted by molar-refractivity contribution is 6.21. The third-order valence-corrected chi connectivity index (χ3v) is 2.14. The van der Waals surface area contributed by atoms with Gasteiger partial charge in [-0.15, -0.1) is 23.2 Å². The summed E-state index contributed by atoms with van der Waals surface area (Å²) in [4.78, 5) is 0. The molecule has 0 aromatic carbocycles. The van der Waals surface area contributed by atoms with Crippen molar-refractivity contribution in [1.82, 2.24) is 0 Å². The second-order valence-corrected chi connectivity index (χ2v) is 3.73. The molecule has 2 N–H and O–H groups in total. The lowest BCUT2D eigenvalue weighted by molar-refractivity contribution is 0.276. The van der Waals surface area contributed by atoms with Crippen LogP contribution in [0.25, 0.3) is 0 Å². The quantitative estimate of drug-likeness (QED) is 0.637. The molecule has 0 fully saturated rings. The van der Waals surface area contributed by atoms with Crippen LogP contribution in [0.2, 0.25) is 0 Å². The van der Waals surface area contributed by atoms with Gasteiger partial charge >= 0.3 is 0 Å². The minimum atomic E-state index is -0.169. The lowest BCUT2D eigenvalue weighted by Gasteiger charge is -2.07. The highest BCUT2D eigenvalue weighted by atomic mass is 35.5. The number of aliphatic hydroxyl groups is 2. The Balaban J connectivity index is 3.13. The summed E-state index contributed by atoms with van der Waals surface area (Å²) in [7, 11) is 0. The van der Waals surface area contributed by atoms with E-state index >= 15 is 0 Å². The Morgan fingerprint density at radius 3 is 1.55 bits per heavy atom. The van der Waals surface area contributed by atoms with E-state index in [0.29, 0.717) is 0 Å².